The van der Waals surface area contributed by atoms with E-state index in [0.29, 0.717) is 6.54 Å². The van der Waals surface area contributed by atoms with Crippen molar-refractivity contribution in [1.82, 2.24) is 0 Å². The monoisotopic (exact) mass is 375 g/mol. The summed E-state index contributed by atoms with van der Waals surface area (Å²) in [5, 5.41) is 9.91. The SMILES string of the molecule is CCCCCC(CO)c1ccc2c(c1)N(C(=O)OC(C)(C)C)CCC2(C)C. The first-order valence-electron chi connectivity index (χ1n) is 10.3. The Balaban J connectivity index is 2.36. The highest BCUT2D eigenvalue weighted by atomic mass is 16.6. The Morgan fingerprint density at radius 1 is 1.30 bits per heavy atom. The molecule has 2 rings (SSSR count). The molecule has 1 aromatic carbocycles. The number of nitrogens with zero attached hydrogens (tertiary/aromatic N) is 1. The molecule has 4 heteroatoms. The molecule has 0 aromatic heterocycles. The van der Waals surface area contributed by atoms with Crippen LogP contribution >= 0.6 is 0 Å². The first-order valence-corrected chi connectivity index (χ1v) is 10.3. The number of carbonyl (C=O) groups is 1. The average Bonchev–Trinajstić information content (AvgIpc) is 2.57. The fraction of sp³-hybridized carbons (Fsp3) is 0.696. The predicted molar refractivity (Wildman–Crippen MR) is 112 cm³/mol. The van der Waals surface area contributed by atoms with Crippen LogP contribution < -0.4 is 4.90 Å². The fourth-order valence-corrected chi connectivity index (χ4v) is 3.76. The van der Waals surface area contributed by atoms with Crippen molar-refractivity contribution in [1.29, 1.82) is 0 Å². The number of ether oxygens (including phenoxy) is 1. The minimum absolute atomic E-state index is 0.0172. The lowest BCUT2D eigenvalue weighted by Crippen LogP contribution is -2.43. The Kier molecular flexibility index (Phi) is 6.96. The second-order valence-corrected chi connectivity index (χ2v) is 9.42. The summed E-state index contributed by atoms with van der Waals surface area (Å²) in [5.74, 6) is 0.118. The molecular weight excluding hydrogens is 338 g/mol. The van der Waals surface area contributed by atoms with E-state index in [4.69, 9.17) is 4.74 Å². The number of aliphatic hydroxyl groups excluding tert-OH is 1. The molecule has 0 spiro atoms. The van der Waals surface area contributed by atoms with E-state index in [2.05, 4.69) is 39.0 Å². The highest BCUT2D eigenvalue weighted by Gasteiger charge is 2.36. The summed E-state index contributed by atoms with van der Waals surface area (Å²) in [6.45, 7) is 13.1. The highest BCUT2D eigenvalue weighted by molar-refractivity contribution is 5.90. The molecule has 1 atom stereocenters. The average molecular weight is 376 g/mol. The van der Waals surface area contributed by atoms with Crippen LogP contribution in [-0.4, -0.2) is 30.0 Å². The molecule has 0 saturated carbocycles. The van der Waals surface area contributed by atoms with Gasteiger partial charge in [-0.2, -0.15) is 0 Å². The Hall–Kier alpha value is -1.55. The van der Waals surface area contributed by atoms with E-state index in [1.807, 2.05) is 20.8 Å². The van der Waals surface area contributed by atoms with E-state index in [1.54, 1.807) is 4.90 Å². The van der Waals surface area contributed by atoms with E-state index in [0.717, 1.165) is 30.5 Å². The van der Waals surface area contributed by atoms with Gasteiger partial charge in [0.2, 0.25) is 0 Å². The first-order chi connectivity index (χ1) is 12.6. The summed E-state index contributed by atoms with van der Waals surface area (Å²) in [7, 11) is 0. The number of rotatable bonds is 6. The minimum Gasteiger partial charge on any atom is -0.443 e. The summed E-state index contributed by atoms with van der Waals surface area (Å²) >= 11 is 0. The molecule has 0 aliphatic carbocycles. The van der Waals surface area contributed by atoms with Gasteiger partial charge in [-0.25, -0.2) is 4.79 Å². The summed E-state index contributed by atoms with van der Waals surface area (Å²) in [4.78, 5) is 14.6. The van der Waals surface area contributed by atoms with Gasteiger partial charge in [0.15, 0.2) is 0 Å². The van der Waals surface area contributed by atoms with E-state index in [-0.39, 0.29) is 24.0 Å². The van der Waals surface area contributed by atoms with E-state index < -0.39 is 5.60 Å². The van der Waals surface area contributed by atoms with Gasteiger partial charge < -0.3 is 9.84 Å². The van der Waals surface area contributed by atoms with Gasteiger partial charge in [-0.1, -0.05) is 52.2 Å². The molecule has 0 radical (unpaired) electrons. The number of hydrogen-bond donors (Lipinski definition) is 1. The lowest BCUT2D eigenvalue weighted by Gasteiger charge is -2.40. The quantitative estimate of drug-likeness (QED) is 0.643. The molecule has 0 saturated heterocycles. The van der Waals surface area contributed by atoms with Crippen LogP contribution in [0.5, 0.6) is 0 Å². The molecule has 0 bridgehead atoms. The zero-order chi connectivity index (χ0) is 20.2. The molecule has 1 heterocycles. The Bertz CT molecular complexity index is 646. The second-order valence-electron chi connectivity index (χ2n) is 9.42. The Morgan fingerprint density at radius 2 is 2.00 bits per heavy atom. The van der Waals surface area contributed by atoms with Gasteiger partial charge in [-0.15, -0.1) is 0 Å². The van der Waals surface area contributed by atoms with Crippen molar-refractivity contribution >= 4 is 11.8 Å². The van der Waals surface area contributed by atoms with Crippen molar-refractivity contribution in [2.24, 2.45) is 0 Å². The van der Waals surface area contributed by atoms with Gasteiger partial charge in [0.1, 0.15) is 5.60 Å². The standard InChI is InChI=1S/C23H37NO3/c1-7-8-9-10-18(16-25)17-11-12-19-20(15-17)24(14-13-23(19,5)6)21(26)27-22(2,3)4/h11-12,15,18,25H,7-10,13-14,16H2,1-6H3. The maximum Gasteiger partial charge on any atom is 0.414 e. The van der Waals surface area contributed by atoms with Crippen molar-refractivity contribution in [3.05, 3.63) is 29.3 Å². The third kappa shape index (κ3) is 5.47. The number of aliphatic hydroxyl groups is 1. The molecule has 27 heavy (non-hydrogen) atoms. The van der Waals surface area contributed by atoms with Crippen LogP contribution in [0, 0.1) is 0 Å². The number of hydrogen-bond acceptors (Lipinski definition) is 3. The van der Waals surface area contributed by atoms with Crippen molar-refractivity contribution in [2.45, 2.75) is 90.6 Å². The number of anilines is 1. The number of carbonyl (C=O) groups excluding carboxylic acids is 1. The third-order valence-corrected chi connectivity index (χ3v) is 5.46. The van der Waals surface area contributed by atoms with Crippen LogP contribution in [0.3, 0.4) is 0 Å². The van der Waals surface area contributed by atoms with Gasteiger partial charge in [0.05, 0.1) is 5.69 Å². The van der Waals surface area contributed by atoms with E-state index >= 15 is 0 Å². The lowest BCUT2D eigenvalue weighted by molar-refractivity contribution is 0.0574. The molecule has 1 amide bonds. The summed E-state index contributed by atoms with van der Waals surface area (Å²) in [5.41, 5.74) is 2.72. The van der Waals surface area contributed by atoms with Gasteiger partial charge in [-0.3, -0.25) is 4.90 Å². The molecular formula is C23H37NO3. The van der Waals surface area contributed by atoms with E-state index in [1.165, 1.54) is 18.4 Å². The summed E-state index contributed by atoms with van der Waals surface area (Å²) < 4.78 is 5.65. The minimum atomic E-state index is -0.518. The zero-order valence-corrected chi connectivity index (χ0v) is 18.0. The van der Waals surface area contributed by atoms with Crippen molar-refractivity contribution in [3.63, 3.8) is 0 Å². The van der Waals surface area contributed by atoms with Gasteiger partial charge in [0.25, 0.3) is 0 Å². The summed E-state index contributed by atoms with van der Waals surface area (Å²) in [6.07, 6.45) is 5.04. The summed E-state index contributed by atoms with van der Waals surface area (Å²) in [6, 6.07) is 6.38. The number of fused-ring (bicyclic) bond motifs is 1. The van der Waals surface area contributed by atoms with Gasteiger partial charge in [-0.05, 0) is 56.2 Å². The highest BCUT2D eigenvalue weighted by Crippen LogP contribution is 2.42. The molecule has 4 nitrogen and oxygen atoms in total. The number of unbranched alkanes of at least 4 members (excludes halogenated alkanes) is 2. The second kappa shape index (κ2) is 8.64. The smallest absolute Gasteiger partial charge is 0.414 e. The predicted octanol–water partition coefficient (Wildman–Crippen LogP) is 5.77. The fourth-order valence-electron chi connectivity index (χ4n) is 3.76. The number of amides is 1. The maximum atomic E-state index is 12.8. The largest absolute Gasteiger partial charge is 0.443 e. The topological polar surface area (TPSA) is 49.8 Å². The molecule has 0 fully saturated rings. The molecule has 1 unspecified atom stereocenters. The van der Waals surface area contributed by atoms with Crippen LogP contribution in [-0.2, 0) is 10.2 Å². The van der Waals surface area contributed by atoms with Crippen LogP contribution in [0.15, 0.2) is 18.2 Å². The Labute approximate surface area is 164 Å². The van der Waals surface area contributed by atoms with Crippen molar-refractivity contribution in [2.75, 3.05) is 18.1 Å². The normalized spacial score (nSPS) is 17.4. The van der Waals surface area contributed by atoms with Gasteiger partial charge in [0, 0.05) is 19.1 Å². The van der Waals surface area contributed by atoms with Crippen LogP contribution in [0.4, 0.5) is 10.5 Å². The zero-order valence-electron chi connectivity index (χ0n) is 18.0. The van der Waals surface area contributed by atoms with Gasteiger partial charge >= 0.3 is 6.09 Å². The molecule has 1 aromatic rings. The molecule has 1 N–H and O–H groups in total. The van der Waals surface area contributed by atoms with Crippen LogP contribution in [0.1, 0.15) is 90.7 Å². The van der Waals surface area contributed by atoms with Crippen LogP contribution in [0.2, 0.25) is 0 Å². The van der Waals surface area contributed by atoms with Crippen molar-refractivity contribution in [3.8, 4) is 0 Å². The van der Waals surface area contributed by atoms with Crippen molar-refractivity contribution < 1.29 is 14.6 Å². The molecule has 1 aliphatic rings. The molecule has 152 valence electrons. The van der Waals surface area contributed by atoms with Crippen LogP contribution in [0.25, 0.3) is 0 Å². The third-order valence-electron chi connectivity index (χ3n) is 5.46. The number of benzene rings is 1. The maximum absolute atomic E-state index is 12.8. The van der Waals surface area contributed by atoms with E-state index in [9.17, 15) is 9.90 Å². The lowest BCUT2D eigenvalue weighted by atomic mass is 9.76. The first kappa shape index (κ1) is 21.7. The molecule has 1 aliphatic heterocycles. The Morgan fingerprint density at radius 3 is 2.59 bits per heavy atom.